The zero-order valence-electron chi connectivity index (χ0n) is 13.1. The number of nitrogens with one attached hydrogen (secondary N) is 2. The molecule has 0 aliphatic heterocycles. The summed E-state index contributed by atoms with van der Waals surface area (Å²) in [7, 11) is 0. The van der Waals surface area contributed by atoms with Gasteiger partial charge in [0, 0.05) is 6.92 Å². The summed E-state index contributed by atoms with van der Waals surface area (Å²) in [5, 5.41) is 13.9. The van der Waals surface area contributed by atoms with Crippen molar-refractivity contribution in [2.75, 3.05) is 13.2 Å². The van der Waals surface area contributed by atoms with Crippen molar-refractivity contribution in [2.45, 2.75) is 64.6 Å². The van der Waals surface area contributed by atoms with Crippen molar-refractivity contribution < 1.29 is 14.3 Å². The molecule has 0 atom stereocenters. The third kappa shape index (κ3) is 8.27. The molecule has 0 heterocycles. The zero-order chi connectivity index (χ0) is 15.7. The molecule has 1 saturated carbocycles. The SMILES string of the molecule is CC(=O)OCCNC(=O)NC(C)(C)/N=N/C1CCCCC1. The van der Waals surface area contributed by atoms with E-state index in [2.05, 4.69) is 20.9 Å². The number of carbonyl (C=O) groups is 2. The van der Waals surface area contributed by atoms with Crippen LogP contribution in [-0.2, 0) is 9.53 Å². The highest BCUT2D eigenvalue weighted by Crippen LogP contribution is 2.21. The summed E-state index contributed by atoms with van der Waals surface area (Å²) in [5.41, 5.74) is -0.747. The highest BCUT2D eigenvalue weighted by molar-refractivity contribution is 5.74. The third-order valence-corrected chi connectivity index (χ3v) is 3.16. The summed E-state index contributed by atoms with van der Waals surface area (Å²) in [6.07, 6.45) is 5.84. The highest BCUT2D eigenvalue weighted by Gasteiger charge is 2.20. The average Bonchev–Trinajstić information content (AvgIpc) is 2.42. The minimum Gasteiger partial charge on any atom is -0.464 e. The van der Waals surface area contributed by atoms with Gasteiger partial charge in [-0.3, -0.25) is 4.79 Å². The van der Waals surface area contributed by atoms with E-state index in [-0.39, 0.29) is 31.2 Å². The number of rotatable bonds is 6. The van der Waals surface area contributed by atoms with Crippen LogP contribution in [0.5, 0.6) is 0 Å². The topological polar surface area (TPSA) is 92.1 Å². The predicted octanol–water partition coefficient (Wildman–Crippen LogP) is 2.37. The van der Waals surface area contributed by atoms with Gasteiger partial charge in [-0.1, -0.05) is 19.3 Å². The van der Waals surface area contributed by atoms with E-state index in [4.69, 9.17) is 4.74 Å². The van der Waals surface area contributed by atoms with Gasteiger partial charge in [0.1, 0.15) is 12.3 Å². The Morgan fingerprint density at radius 2 is 1.90 bits per heavy atom. The summed E-state index contributed by atoms with van der Waals surface area (Å²) >= 11 is 0. The lowest BCUT2D eigenvalue weighted by Gasteiger charge is -2.23. The van der Waals surface area contributed by atoms with E-state index < -0.39 is 5.66 Å². The first kappa shape index (κ1) is 17.4. The number of ether oxygens (including phenoxy) is 1. The van der Waals surface area contributed by atoms with Crippen molar-refractivity contribution in [1.29, 1.82) is 0 Å². The largest absolute Gasteiger partial charge is 0.464 e. The fourth-order valence-corrected chi connectivity index (χ4v) is 2.13. The van der Waals surface area contributed by atoms with E-state index >= 15 is 0 Å². The standard InChI is InChI=1S/C14H26N4O3/c1-11(19)21-10-9-15-13(20)16-14(2,3)18-17-12-7-5-4-6-8-12/h12H,4-10H2,1-3H3,(H2,15,16,20)/b18-17+. The van der Waals surface area contributed by atoms with E-state index in [0.717, 1.165) is 12.8 Å². The molecule has 0 bridgehead atoms. The molecule has 2 amide bonds. The monoisotopic (exact) mass is 298 g/mol. The predicted molar refractivity (Wildman–Crippen MR) is 79.0 cm³/mol. The Morgan fingerprint density at radius 1 is 1.24 bits per heavy atom. The number of amides is 2. The summed E-state index contributed by atoms with van der Waals surface area (Å²) in [6.45, 7) is 5.35. The van der Waals surface area contributed by atoms with Crippen molar-refractivity contribution in [3.05, 3.63) is 0 Å². The lowest BCUT2D eigenvalue weighted by atomic mass is 9.96. The lowest BCUT2D eigenvalue weighted by molar-refractivity contribution is -0.140. The molecular weight excluding hydrogens is 272 g/mol. The van der Waals surface area contributed by atoms with Crippen LogP contribution in [0, 0.1) is 0 Å². The van der Waals surface area contributed by atoms with Gasteiger partial charge in [0.25, 0.3) is 0 Å². The lowest BCUT2D eigenvalue weighted by Crippen LogP contribution is -2.47. The molecule has 0 unspecified atom stereocenters. The molecular formula is C14H26N4O3. The minimum absolute atomic E-state index is 0.159. The van der Waals surface area contributed by atoms with Crippen LogP contribution in [0.4, 0.5) is 4.79 Å². The molecule has 7 nitrogen and oxygen atoms in total. The summed E-state index contributed by atoms with van der Waals surface area (Å²) in [5.74, 6) is -0.362. The van der Waals surface area contributed by atoms with E-state index in [9.17, 15) is 9.59 Å². The van der Waals surface area contributed by atoms with Crippen LogP contribution < -0.4 is 10.6 Å². The second-order valence-electron chi connectivity index (χ2n) is 5.79. The summed E-state index contributed by atoms with van der Waals surface area (Å²) in [4.78, 5) is 22.3. The van der Waals surface area contributed by atoms with E-state index in [1.54, 1.807) is 13.8 Å². The van der Waals surface area contributed by atoms with Crippen LogP contribution in [0.3, 0.4) is 0 Å². The maximum Gasteiger partial charge on any atom is 0.316 e. The fourth-order valence-electron chi connectivity index (χ4n) is 2.13. The third-order valence-electron chi connectivity index (χ3n) is 3.16. The Kier molecular flexibility index (Phi) is 7.11. The van der Waals surface area contributed by atoms with Crippen LogP contribution in [0.25, 0.3) is 0 Å². The number of nitrogens with zero attached hydrogens (tertiary/aromatic N) is 2. The van der Waals surface area contributed by atoms with E-state index in [1.165, 1.54) is 26.2 Å². The first-order valence-electron chi connectivity index (χ1n) is 7.50. The van der Waals surface area contributed by atoms with Crippen LogP contribution >= 0.6 is 0 Å². The van der Waals surface area contributed by atoms with Crippen LogP contribution in [0.1, 0.15) is 52.9 Å². The molecule has 1 aliphatic rings. The molecule has 0 aromatic heterocycles. The number of hydrogen-bond acceptors (Lipinski definition) is 5. The number of urea groups is 1. The van der Waals surface area contributed by atoms with Gasteiger partial charge in [0.15, 0.2) is 0 Å². The Labute approximate surface area is 125 Å². The first-order valence-corrected chi connectivity index (χ1v) is 7.50. The normalized spacial score (nSPS) is 16.7. The molecule has 1 rings (SSSR count). The van der Waals surface area contributed by atoms with Gasteiger partial charge < -0.3 is 15.4 Å². The van der Waals surface area contributed by atoms with Gasteiger partial charge in [0.05, 0.1) is 12.6 Å². The van der Waals surface area contributed by atoms with Gasteiger partial charge in [-0.05, 0) is 26.7 Å². The second kappa shape index (κ2) is 8.59. The van der Waals surface area contributed by atoms with Crippen LogP contribution in [0.15, 0.2) is 10.2 Å². The average molecular weight is 298 g/mol. The van der Waals surface area contributed by atoms with Gasteiger partial charge in [-0.15, -0.1) is 0 Å². The summed E-state index contributed by atoms with van der Waals surface area (Å²) in [6, 6.07) is -0.0680. The maximum absolute atomic E-state index is 11.7. The smallest absolute Gasteiger partial charge is 0.316 e. The first-order chi connectivity index (χ1) is 9.89. The molecule has 1 fully saturated rings. The number of hydrogen-bond donors (Lipinski definition) is 2. The van der Waals surface area contributed by atoms with Crippen molar-refractivity contribution >= 4 is 12.0 Å². The van der Waals surface area contributed by atoms with Crippen molar-refractivity contribution in [2.24, 2.45) is 10.2 Å². The molecule has 120 valence electrons. The summed E-state index contributed by atoms with van der Waals surface area (Å²) < 4.78 is 4.73. The minimum atomic E-state index is -0.747. The molecule has 1 aliphatic carbocycles. The number of carbonyl (C=O) groups excluding carboxylic acids is 2. The van der Waals surface area contributed by atoms with Crippen LogP contribution in [0.2, 0.25) is 0 Å². The molecule has 0 radical (unpaired) electrons. The Hall–Kier alpha value is -1.66. The highest BCUT2D eigenvalue weighted by atomic mass is 16.5. The molecule has 2 N–H and O–H groups in total. The molecule has 0 spiro atoms. The van der Waals surface area contributed by atoms with Crippen LogP contribution in [-0.4, -0.2) is 36.9 Å². The van der Waals surface area contributed by atoms with Crippen molar-refractivity contribution in [3.63, 3.8) is 0 Å². The van der Waals surface area contributed by atoms with E-state index in [1.807, 2.05) is 0 Å². The molecule has 21 heavy (non-hydrogen) atoms. The molecule has 7 heteroatoms. The fraction of sp³-hybridized carbons (Fsp3) is 0.857. The van der Waals surface area contributed by atoms with Gasteiger partial charge >= 0.3 is 12.0 Å². The molecule has 0 aromatic carbocycles. The van der Waals surface area contributed by atoms with Crippen molar-refractivity contribution in [3.8, 4) is 0 Å². The quantitative estimate of drug-likeness (QED) is 0.448. The second-order valence-corrected chi connectivity index (χ2v) is 5.79. The Balaban J connectivity index is 2.28. The van der Waals surface area contributed by atoms with Gasteiger partial charge in [-0.25, -0.2) is 4.79 Å². The van der Waals surface area contributed by atoms with E-state index in [0.29, 0.717) is 0 Å². The Morgan fingerprint density at radius 3 is 2.52 bits per heavy atom. The maximum atomic E-state index is 11.7. The number of azo groups is 1. The molecule has 0 aromatic rings. The Bertz CT molecular complexity index is 376. The number of esters is 1. The van der Waals surface area contributed by atoms with Gasteiger partial charge in [-0.2, -0.15) is 10.2 Å². The van der Waals surface area contributed by atoms with Gasteiger partial charge in [0.2, 0.25) is 0 Å². The van der Waals surface area contributed by atoms with Crippen molar-refractivity contribution in [1.82, 2.24) is 10.6 Å². The molecule has 0 saturated heterocycles. The zero-order valence-corrected chi connectivity index (χ0v) is 13.1.